The van der Waals surface area contributed by atoms with Gasteiger partial charge in [-0.25, -0.2) is 12.7 Å². The van der Waals surface area contributed by atoms with Gasteiger partial charge in [0.1, 0.15) is 0 Å². The zero-order valence-corrected chi connectivity index (χ0v) is 10.4. The first-order chi connectivity index (χ1) is 7.96. The number of carboxylic acids is 1. The number of hydrogen-bond donors (Lipinski definition) is 1. The van der Waals surface area contributed by atoms with E-state index in [4.69, 9.17) is 4.74 Å². The summed E-state index contributed by atoms with van der Waals surface area (Å²) in [5.41, 5.74) is -0.963. The Hall–Kier alpha value is -0.660. The standard InChI is InChI=1S/C10H17NO5S/c12-9(13)10(2-5-16-6-3-10)8-11-4-1-7-17(11,14)15/h1-8H2,(H,12,13). The van der Waals surface area contributed by atoms with Crippen LogP contribution in [0.3, 0.4) is 0 Å². The smallest absolute Gasteiger partial charge is 0.311 e. The van der Waals surface area contributed by atoms with Crippen LogP contribution in [0.1, 0.15) is 19.3 Å². The number of carboxylic acid groups (broad SMARTS) is 1. The second-order valence-electron chi connectivity index (χ2n) is 4.70. The van der Waals surface area contributed by atoms with Crippen molar-refractivity contribution in [2.24, 2.45) is 5.41 Å². The number of sulfonamides is 1. The highest BCUT2D eigenvalue weighted by Gasteiger charge is 2.44. The van der Waals surface area contributed by atoms with Gasteiger partial charge in [-0.3, -0.25) is 4.79 Å². The molecule has 2 heterocycles. The van der Waals surface area contributed by atoms with Crippen molar-refractivity contribution < 1.29 is 23.1 Å². The van der Waals surface area contributed by atoms with Crippen LogP contribution in [-0.2, 0) is 19.6 Å². The molecular formula is C10H17NO5S. The molecule has 0 aromatic rings. The van der Waals surface area contributed by atoms with Crippen LogP contribution in [0.5, 0.6) is 0 Å². The zero-order valence-electron chi connectivity index (χ0n) is 9.59. The van der Waals surface area contributed by atoms with Gasteiger partial charge in [0.05, 0.1) is 11.2 Å². The molecule has 0 aliphatic carbocycles. The average molecular weight is 263 g/mol. The fourth-order valence-electron chi connectivity index (χ4n) is 2.41. The summed E-state index contributed by atoms with van der Waals surface area (Å²) in [4.78, 5) is 11.4. The van der Waals surface area contributed by atoms with Crippen LogP contribution in [0.25, 0.3) is 0 Å². The quantitative estimate of drug-likeness (QED) is 0.769. The molecule has 1 N–H and O–H groups in total. The molecule has 2 aliphatic heterocycles. The molecule has 0 bridgehead atoms. The van der Waals surface area contributed by atoms with Crippen LogP contribution < -0.4 is 0 Å². The van der Waals surface area contributed by atoms with Gasteiger partial charge in [-0.15, -0.1) is 0 Å². The molecule has 17 heavy (non-hydrogen) atoms. The summed E-state index contributed by atoms with van der Waals surface area (Å²) >= 11 is 0. The largest absolute Gasteiger partial charge is 0.481 e. The molecule has 2 fully saturated rings. The van der Waals surface area contributed by atoms with Gasteiger partial charge in [-0.05, 0) is 19.3 Å². The number of aliphatic carboxylic acids is 1. The molecule has 0 amide bonds. The molecule has 98 valence electrons. The first-order valence-electron chi connectivity index (χ1n) is 5.75. The zero-order chi connectivity index (χ0) is 12.5. The highest BCUT2D eigenvalue weighted by atomic mass is 32.2. The summed E-state index contributed by atoms with van der Waals surface area (Å²) in [7, 11) is -3.23. The molecule has 0 aromatic heterocycles. The molecule has 2 aliphatic rings. The van der Waals surface area contributed by atoms with Crippen LogP contribution in [0.15, 0.2) is 0 Å². The van der Waals surface area contributed by atoms with Gasteiger partial charge in [-0.2, -0.15) is 0 Å². The van der Waals surface area contributed by atoms with E-state index >= 15 is 0 Å². The van der Waals surface area contributed by atoms with Crippen molar-refractivity contribution in [2.75, 3.05) is 32.1 Å². The molecule has 0 unspecified atom stereocenters. The monoisotopic (exact) mass is 263 g/mol. The molecule has 0 radical (unpaired) electrons. The van der Waals surface area contributed by atoms with E-state index in [0.29, 0.717) is 39.0 Å². The van der Waals surface area contributed by atoms with Gasteiger partial charge in [0.25, 0.3) is 0 Å². The molecule has 6 nitrogen and oxygen atoms in total. The Morgan fingerprint density at radius 2 is 2.00 bits per heavy atom. The van der Waals surface area contributed by atoms with Gasteiger partial charge < -0.3 is 9.84 Å². The SMILES string of the molecule is O=C(O)C1(CN2CCCS2(=O)=O)CCOCC1. The predicted molar refractivity (Wildman–Crippen MR) is 60.1 cm³/mol. The van der Waals surface area contributed by atoms with Crippen molar-refractivity contribution in [3.05, 3.63) is 0 Å². The van der Waals surface area contributed by atoms with Crippen molar-refractivity contribution in [3.63, 3.8) is 0 Å². The molecule has 7 heteroatoms. The van der Waals surface area contributed by atoms with E-state index in [0.717, 1.165) is 0 Å². The van der Waals surface area contributed by atoms with Crippen molar-refractivity contribution in [1.29, 1.82) is 0 Å². The minimum absolute atomic E-state index is 0.0913. The lowest BCUT2D eigenvalue weighted by molar-refractivity contribution is -0.155. The van der Waals surface area contributed by atoms with Gasteiger partial charge in [0.2, 0.25) is 10.0 Å². The third kappa shape index (κ3) is 2.46. The van der Waals surface area contributed by atoms with E-state index in [1.807, 2.05) is 0 Å². The van der Waals surface area contributed by atoms with Crippen molar-refractivity contribution in [1.82, 2.24) is 4.31 Å². The van der Waals surface area contributed by atoms with Crippen LogP contribution in [0.2, 0.25) is 0 Å². The number of nitrogens with zero attached hydrogens (tertiary/aromatic N) is 1. The molecule has 0 atom stereocenters. The second kappa shape index (κ2) is 4.55. The topological polar surface area (TPSA) is 83.9 Å². The fourth-order valence-corrected chi connectivity index (χ4v) is 4.01. The Labute approximate surface area is 101 Å². The molecular weight excluding hydrogens is 246 g/mol. The fraction of sp³-hybridized carbons (Fsp3) is 0.900. The Kier molecular flexibility index (Phi) is 3.42. The average Bonchev–Trinajstić information content (AvgIpc) is 2.59. The molecule has 2 rings (SSSR count). The summed E-state index contributed by atoms with van der Waals surface area (Å²) < 4.78 is 29.9. The van der Waals surface area contributed by atoms with Crippen LogP contribution in [-0.4, -0.2) is 55.9 Å². The Bertz CT molecular complexity index is 399. The van der Waals surface area contributed by atoms with E-state index in [1.165, 1.54) is 4.31 Å². The Morgan fingerprint density at radius 3 is 2.47 bits per heavy atom. The normalized spacial score (nSPS) is 28.0. The lowest BCUT2D eigenvalue weighted by Gasteiger charge is -2.35. The van der Waals surface area contributed by atoms with Crippen LogP contribution in [0.4, 0.5) is 0 Å². The highest BCUT2D eigenvalue weighted by molar-refractivity contribution is 7.89. The van der Waals surface area contributed by atoms with Gasteiger partial charge in [0, 0.05) is 26.3 Å². The molecule has 0 aromatic carbocycles. The Balaban J connectivity index is 2.16. The molecule has 0 spiro atoms. The molecule has 2 saturated heterocycles. The van der Waals surface area contributed by atoms with Crippen LogP contribution in [0, 0.1) is 5.41 Å². The number of carbonyl (C=O) groups is 1. The van der Waals surface area contributed by atoms with E-state index < -0.39 is 21.4 Å². The maximum absolute atomic E-state index is 11.7. The maximum atomic E-state index is 11.7. The highest BCUT2D eigenvalue weighted by Crippen LogP contribution is 2.33. The maximum Gasteiger partial charge on any atom is 0.311 e. The summed E-state index contributed by atoms with van der Waals surface area (Å²) in [6, 6.07) is 0. The van der Waals surface area contributed by atoms with Crippen molar-refractivity contribution in [2.45, 2.75) is 19.3 Å². The minimum atomic E-state index is -3.23. The van der Waals surface area contributed by atoms with Crippen molar-refractivity contribution in [3.8, 4) is 0 Å². The minimum Gasteiger partial charge on any atom is -0.481 e. The van der Waals surface area contributed by atoms with E-state index in [2.05, 4.69) is 0 Å². The van der Waals surface area contributed by atoms with Gasteiger partial charge in [-0.1, -0.05) is 0 Å². The summed E-state index contributed by atoms with van der Waals surface area (Å²) in [6.45, 7) is 1.31. The summed E-state index contributed by atoms with van der Waals surface area (Å²) in [5, 5.41) is 9.34. The third-order valence-corrected chi connectivity index (χ3v) is 5.49. The lowest BCUT2D eigenvalue weighted by Crippen LogP contribution is -2.47. The van der Waals surface area contributed by atoms with Gasteiger partial charge in [0.15, 0.2) is 0 Å². The van der Waals surface area contributed by atoms with E-state index in [-0.39, 0.29) is 12.3 Å². The predicted octanol–water partition coefficient (Wildman–Crippen LogP) is -0.0967. The number of rotatable bonds is 3. The third-order valence-electron chi connectivity index (χ3n) is 3.59. The summed E-state index contributed by atoms with van der Waals surface area (Å²) in [5.74, 6) is -0.776. The van der Waals surface area contributed by atoms with Crippen LogP contribution >= 0.6 is 0 Å². The molecule has 0 saturated carbocycles. The Morgan fingerprint density at radius 1 is 1.35 bits per heavy atom. The number of hydrogen-bond acceptors (Lipinski definition) is 4. The summed E-state index contributed by atoms with van der Waals surface area (Å²) in [6.07, 6.45) is 1.36. The first-order valence-corrected chi connectivity index (χ1v) is 7.36. The van der Waals surface area contributed by atoms with Gasteiger partial charge >= 0.3 is 5.97 Å². The first kappa shape index (κ1) is 12.8. The lowest BCUT2D eigenvalue weighted by atomic mass is 9.80. The van der Waals surface area contributed by atoms with E-state index in [1.54, 1.807) is 0 Å². The van der Waals surface area contributed by atoms with E-state index in [9.17, 15) is 18.3 Å². The second-order valence-corrected chi connectivity index (χ2v) is 6.79. The number of ether oxygens (including phenoxy) is 1. The van der Waals surface area contributed by atoms with Crippen molar-refractivity contribution >= 4 is 16.0 Å².